The van der Waals surface area contributed by atoms with Crippen molar-refractivity contribution in [2.75, 3.05) is 0 Å². The Labute approximate surface area is 111 Å². The Morgan fingerprint density at radius 3 is 2.72 bits per heavy atom. The van der Waals surface area contributed by atoms with Crippen LogP contribution in [-0.4, -0.2) is 9.56 Å². The molecule has 0 saturated heterocycles. The third-order valence-corrected chi connectivity index (χ3v) is 3.10. The van der Waals surface area contributed by atoms with E-state index in [9.17, 15) is 4.79 Å². The third kappa shape index (κ3) is 2.65. The van der Waals surface area contributed by atoms with E-state index in [-0.39, 0.29) is 5.56 Å². The molecule has 1 aromatic carbocycles. The first kappa shape index (κ1) is 12.5. The Bertz CT molecular complexity index is 646. The van der Waals surface area contributed by atoms with Crippen molar-refractivity contribution in [3.63, 3.8) is 0 Å². The van der Waals surface area contributed by atoms with Crippen LogP contribution in [0.4, 0.5) is 0 Å². The maximum atomic E-state index is 11.6. The van der Waals surface area contributed by atoms with E-state index in [2.05, 4.69) is 0 Å². The third-order valence-electron chi connectivity index (χ3n) is 2.87. The molecule has 1 heterocycles. The zero-order valence-corrected chi connectivity index (χ0v) is 10.9. The fourth-order valence-corrected chi connectivity index (χ4v) is 1.93. The van der Waals surface area contributed by atoms with Gasteiger partial charge in [-0.2, -0.15) is 0 Å². The van der Waals surface area contributed by atoms with Gasteiger partial charge in [0.15, 0.2) is 0 Å². The first-order valence-electron chi connectivity index (χ1n) is 5.63. The van der Waals surface area contributed by atoms with Crippen molar-refractivity contribution in [3.8, 4) is 0 Å². The van der Waals surface area contributed by atoms with Crippen molar-refractivity contribution >= 4 is 17.2 Å². The molecule has 92 valence electrons. The standard InChI is InChI=1S/C14H14N2OS/c1-10-8-11(14(15)18)5-6-12(10)9-16-7-3-2-4-13(16)17/h2-8H,9H2,1H3,(H2,15,18). The van der Waals surface area contributed by atoms with Crippen LogP contribution in [0.2, 0.25) is 0 Å². The molecule has 0 radical (unpaired) electrons. The Morgan fingerprint density at radius 1 is 1.33 bits per heavy atom. The van der Waals surface area contributed by atoms with Crippen molar-refractivity contribution in [3.05, 3.63) is 69.6 Å². The van der Waals surface area contributed by atoms with Crippen LogP contribution >= 0.6 is 12.2 Å². The number of nitrogens with zero attached hydrogens (tertiary/aromatic N) is 1. The minimum Gasteiger partial charge on any atom is -0.389 e. The van der Waals surface area contributed by atoms with E-state index >= 15 is 0 Å². The van der Waals surface area contributed by atoms with Crippen LogP contribution in [0.15, 0.2) is 47.4 Å². The number of rotatable bonds is 3. The van der Waals surface area contributed by atoms with Gasteiger partial charge in [-0.25, -0.2) is 0 Å². The van der Waals surface area contributed by atoms with Crippen molar-refractivity contribution in [1.29, 1.82) is 0 Å². The summed E-state index contributed by atoms with van der Waals surface area (Å²) in [6.07, 6.45) is 1.78. The second-order valence-corrected chi connectivity index (χ2v) is 4.61. The second-order valence-electron chi connectivity index (χ2n) is 4.17. The number of aromatic nitrogens is 1. The van der Waals surface area contributed by atoms with E-state index in [1.165, 1.54) is 0 Å². The highest BCUT2D eigenvalue weighted by Crippen LogP contribution is 2.12. The van der Waals surface area contributed by atoms with E-state index in [1.807, 2.05) is 31.2 Å². The quantitative estimate of drug-likeness (QED) is 0.855. The molecule has 18 heavy (non-hydrogen) atoms. The Hall–Kier alpha value is -1.94. The van der Waals surface area contributed by atoms with E-state index < -0.39 is 0 Å². The molecule has 2 rings (SSSR count). The number of hydrogen-bond acceptors (Lipinski definition) is 2. The van der Waals surface area contributed by atoms with Gasteiger partial charge in [0.25, 0.3) is 5.56 Å². The number of pyridine rings is 1. The SMILES string of the molecule is Cc1cc(C(N)=S)ccc1Cn1ccccc1=O. The summed E-state index contributed by atoms with van der Waals surface area (Å²) in [4.78, 5) is 12.0. The van der Waals surface area contributed by atoms with Gasteiger partial charge in [-0.15, -0.1) is 0 Å². The molecule has 0 amide bonds. The maximum absolute atomic E-state index is 11.6. The molecule has 0 bridgehead atoms. The molecule has 0 unspecified atom stereocenters. The van der Waals surface area contributed by atoms with Crippen molar-refractivity contribution in [2.24, 2.45) is 5.73 Å². The first-order chi connectivity index (χ1) is 8.58. The highest BCUT2D eigenvalue weighted by Gasteiger charge is 2.03. The predicted octanol–water partition coefficient (Wildman–Crippen LogP) is 1.84. The minimum atomic E-state index is -0.00433. The zero-order valence-electron chi connectivity index (χ0n) is 10.1. The number of nitrogens with two attached hydrogens (primary N) is 1. The van der Waals surface area contributed by atoms with Gasteiger partial charge in [-0.05, 0) is 30.2 Å². The Balaban J connectivity index is 2.33. The molecule has 0 aliphatic heterocycles. The van der Waals surface area contributed by atoms with E-state index in [4.69, 9.17) is 18.0 Å². The lowest BCUT2D eigenvalue weighted by Crippen LogP contribution is -2.19. The van der Waals surface area contributed by atoms with Crippen LogP contribution in [0.3, 0.4) is 0 Å². The molecule has 0 fully saturated rings. The highest BCUT2D eigenvalue weighted by molar-refractivity contribution is 7.80. The fraction of sp³-hybridized carbons (Fsp3) is 0.143. The van der Waals surface area contributed by atoms with Gasteiger partial charge in [0.1, 0.15) is 4.99 Å². The number of thiocarbonyl (C=S) groups is 1. The van der Waals surface area contributed by atoms with E-state index in [0.717, 1.165) is 16.7 Å². The molecular weight excluding hydrogens is 244 g/mol. The summed E-state index contributed by atoms with van der Waals surface area (Å²) in [5, 5.41) is 0. The van der Waals surface area contributed by atoms with Gasteiger partial charge in [0, 0.05) is 17.8 Å². The monoisotopic (exact) mass is 258 g/mol. The van der Waals surface area contributed by atoms with Crippen molar-refractivity contribution < 1.29 is 0 Å². The lowest BCUT2D eigenvalue weighted by molar-refractivity contribution is 0.755. The predicted molar refractivity (Wildman–Crippen MR) is 76.9 cm³/mol. The van der Waals surface area contributed by atoms with Crippen LogP contribution in [0.5, 0.6) is 0 Å². The van der Waals surface area contributed by atoms with Crippen molar-refractivity contribution in [1.82, 2.24) is 4.57 Å². The van der Waals surface area contributed by atoms with Gasteiger partial charge in [-0.1, -0.05) is 30.4 Å². The summed E-state index contributed by atoms with van der Waals surface area (Å²) in [5.41, 5.74) is 8.60. The maximum Gasteiger partial charge on any atom is 0.250 e. The van der Waals surface area contributed by atoms with Gasteiger partial charge < -0.3 is 10.3 Å². The van der Waals surface area contributed by atoms with Crippen LogP contribution < -0.4 is 11.3 Å². The number of benzene rings is 1. The molecule has 2 aromatic rings. The summed E-state index contributed by atoms with van der Waals surface area (Å²) in [7, 11) is 0. The molecular formula is C14H14N2OS. The zero-order chi connectivity index (χ0) is 13.1. The van der Waals surface area contributed by atoms with Crippen LogP contribution in [0.25, 0.3) is 0 Å². The Kier molecular flexibility index (Phi) is 3.58. The molecule has 0 saturated carbocycles. The van der Waals surface area contributed by atoms with E-state index in [1.54, 1.807) is 22.9 Å². The highest BCUT2D eigenvalue weighted by atomic mass is 32.1. The molecule has 4 heteroatoms. The smallest absolute Gasteiger partial charge is 0.250 e. The van der Waals surface area contributed by atoms with Gasteiger partial charge in [0.2, 0.25) is 0 Å². The average Bonchev–Trinajstić information content (AvgIpc) is 2.34. The van der Waals surface area contributed by atoms with Crippen LogP contribution in [0.1, 0.15) is 16.7 Å². The molecule has 1 aromatic heterocycles. The molecule has 3 nitrogen and oxygen atoms in total. The number of aryl methyl sites for hydroxylation is 1. The topological polar surface area (TPSA) is 48.0 Å². The number of hydrogen-bond donors (Lipinski definition) is 1. The normalized spacial score (nSPS) is 10.3. The summed E-state index contributed by atoms with van der Waals surface area (Å²) in [6, 6.07) is 10.9. The molecule has 0 spiro atoms. The summed E-state index contributed by atoms with van der Waals surface area (Å²) < 4.78 is 1.67. The van der Waals surface area contributed by atoms with Crippen molar-refractivity contribution in [2.45, 2.75) is 13.5 Å². The molecule has 2 N–H and O–H groups in total. The Morgan fingerprint density at radius 2 is 2.11 bits per heavy atom. The largest absolute Gasteiger partial charge is 0.389 e. The first-order valence-corrected chi connectivity index (χ1v) is 6.03. The van der Waals surface area contributed by atoms with Gasteiger partial charge in [0.05, 0.1) is 6.54 Å². The van der Waals surface area contributed by atoms with Crippen LogP contribution in [0, 0.1) is 6.92 Å². The van der Waals surface area contributed by atoms with Gasteiger partial charge in [-0.3, -0.25) is 4.79 Å². The molecule has 0 aliphatic carbocycles. The minimum absolute atomic E-state index is 0.00433. The summed E-state index contributed by atoms with van der Waals surface area (Å²) >= 11 is 4.94. The summed E-state index contributed by atoms with van der Waals surface area (Å²) in [5.74, 6) is 0. The average molecular weight is 258 g/mol. The lowest BCUT2D eigenvalue weighted by atomic mass is 10.0. The summed E-state index contributed by atoms with van der Waals surface area (Å²) in [6.45, 7) is 2.55. The van der Waals surface area contributed by atoms with E-state index in [0.29, 0.717) is 11.5 Å². The second kappa shape index (κ2) is 5.14. The van der Waals surface area contributed by atoms with Crippen LogP contribution in [-0.2, 0) is 6.54 Å². The molecule has 0 aliphatic rings. The lowest BCUT2D eigenvalue weighted by Gasteiger charge is -2.09. The van der Waals surface area contributed by atoms with Gasteiger partial charge >= 0.3 is 0 Å². The fourth-order valence-electron chi connectivity index (χ4n) is 1.80. The molecule has 0 atom stereocenters.